The number of amides is 1. The van der Waals surface area contributed by atoms with Gasteiger partial charge in [-0.2, -0.15) is 0 Å². The van der Waals surface area contributed by atoms with Crippen LogP contribution in [-0.4, -0.2) is 29.6 Å². The third-order valence-electron chi connectivity index (χ3n) is 3.02. The lowest BCUT2D eigenvalue weighted by Gasteiger charge is -2.06. The molecule has 2 aromatic heterocycles. The van der Waals surface area contributed by atoms with Crippen molar-refractivity contribution in [3.8, 4) is 0 Å². The molecule has 2 N–H and O–H groups in total. The van der Waals surface area contributed by atoms with Crippen molar-refractivity contribution in [2.24, 2.45) is 0 Å². The van der Waals surface area contributed by atoms with E-state index in [4.69, 9.17) is 16.3 Å². The van der Waals surface area contributed by atoms with E-state index < -0.39 is 0 Å². The number of hydrogen-bond donors (Lipinski definition) is 2. The van der Waals surface area contributed by atoms with E-state index in [2.05, 4.69) is 15.3 Å². The topological polar surface area (TPSA) is 67.0 Å². The summed E-state index contributed by atoms with van der Waals surface area (Å²) in [7, 11) is 1.47. The third-order valence-corrected chi connectivity index (χ3v) is 3.24. The van der Waals surface area contributed by atoms with Gasteiger partial charge in [0.25, 0.3) is 0 Å². The maximum Gasteiger partial charge on any atom is 0.250 e. The fourth-order valence-corrected chi connectivity index (χ4v) is 2.45. The van der Waals surface area contributed by atoms with Gasteiger partial charge in [0.1, 0.15) is 6.61 Å². The van der Waals surface area contributed by atoms with Gasteiger partial charge in [0.2, 0.25) is 5.91 Å². The molecule has 0 saturated carbocycles. The molecule has 0 fully saturated rings. The maximum atomic E-state index is 11.7. The Morgan fingerprint density at radius 3 is 3.10 bits per heavy atom. The Bertz CT molecular complexity index is 798. The summed E-state index contributed by atoms with van der Waals surface area (Å²) in [5, 5.41) is 5.31. The Balaban J connectivity index is 2.18. The van der Waals surface area contributed by atoms with E-state index in [0.717, 1.165) is 21.8 Å². The summed E-state index contributed by atoms with van der Waals surface area (Å²) in [6, 6.07) is 5.48. The molecule has 3 rings (SSSR count). The standard InChI is InChI=1S/C14H12ClN3O2/c1-20-7-13(19)17-11-5-8(15)4-10-9-2-3-16-6-12(9)18-14(10)11/h2-6,18H,7H2,1H3,(H,17,19). The van der Waals surface area contributed by atoms with E-state index >= 15 is 0 Å². The van der Waals surface area contributed by atoms with Gasteiger partial charge in [0, 0.05) is 29.1 Å². The van der Waals surface area contributed by atoms with Gasteiger partial charge in [-0.1, -0.05) is 11.6 Å². The van der Waals surface area contributed by atoms with Crippen molar-refractivity contribution in [3.05, 3.63) is 35.6 Å². The van der Waals surface area contributed by atoms with E-state index in [1.807, 2.05) is 12.1 Å². The maximum absolute atomic E-state index is 11.7. The van der Waals surface area contributed by atoms with Crippen LogP contribution in [0.3, 0.4) is 0 Å². The second-order valence-electron chi connectivity index (χ2n) is 4.40. The second-order valence-corrected chi connectivity index (χ2v) is 4.84. The summed E-state index contributed by atoms with van der Waals surface area (Å²) in [5.41, 5.74) is 2.35. The molecule has 2 heterocycles. The first-order chi connectivity index (χ1) is 9.69. The highest BCUT2D eigenvalue weighted by Gasteiger charge is 2.11. The number of fused-ring (bicyclic) bond motifs is 3. The Labute approximate surface area is 119 Å². The van der Waals surface area contributed by atoms with E-state index in [1.165, 1.54) is 7.11 Å². The predicted octanol–water partition coefficient (Wildman–Crippen LogP) is 2.95. The first kappa shape index (κ1) is 12.9. The van der Waals surface area contributed by atoms with Crippen LogP contribution in [0.5, 0.6) is 0 Å². The normalized spacial score (nSPS) is 11.1. The zero-order valence-electron chi connectivity index (χ0n) is 10.7. The quantitative estimate of drug-likeness (QED) is 0.779. The summed E-state index contributed by atoms with van der Waals surface area (Å²) in [4.78, 5) is 19.0. The number of halogens is 1. The highest BCUT2D eigenvalue weighted by atomic mass is 35.5. The molecule has 1 aromatic carbocycles. The van der Waals surface area contributed by atoms with Crippen molar-refractivity contribution in [1.82, 2.24) is 9.97 Å². The molecule has 6 heteroatoms. The van der Waals surface area contributed by atoms with Crippen molar-refractivity contribution >= 4 is 45.0 Å². The molecule has 1 amide bonds. The van der Waals surface area contributed by atoms with Gasteiger partial charge in [-0.25, -0.2) is 0 Å². The minimum absolute atomic E-state index is 0.00418. The number of carbonyl (C=O) groups is 1. The van der Waals surface area contributed by atoms with Crippen LogP contribution >= 0.6 is 11.6 Å². The Morgan fingerprint density at radius 2 is 2.30 bits per heavy atom. The number of aromatic nitrogens is 2. The van der Waals surface area contributed by atoms with Crippen LogP contribution < -0.4 is 5.32 Å². The van der Waals surface area contributed by atoms with Crippen LogP contribution in [0.4, 0.5) is 5.69 Å². The molecular weight excluding hydrogens is 278 g/mol. The second kappa shape index (κ2) is 5.11. The van der Waals surface area contributed by atoms with Crippen LogP contribution in [0, 0.1) is 0 Å². The first-order valence-corrected chi connectivity index (χ1v) is 6.40. The largest absolute Gasteiger partial charge is 0.375 e. The van der Waals surface area contributed by atoms with Crippen LogP contribution in [0.15, 0.2) is 30.6 Å². The lowest BCUT2D eigenvalue weighted by atomic mass is 10.1. The van der Waals surface area contributed by atoms with Crippen LogP contribution in [0.1, 0.15) is 0 Å². The molecule has 3 aromatic rings. The number of ether oxygens (including phenoxy) is 1. The molecule has 0 spiro atoms. The average Bonchev–Trinajstić information content (AvgIpc) is 2.78. The number of carbonyl (C=O) groups excluding carboxylic acids is 1. The zero-order valence-corrected chi connectivity index (χ0v) is 11.5. The molecule has 102 valence electrons. The van der Waals surface area contributed by atoms with Gasteiger partial charge >= 0.3 is 0 Å². The third kappa shape index (κ3) is 2.21. The number of methoxy groups -OCH3 is 1. The molecule has 0 aliphatic carbocycles. The highest BCUT2D eigenvalue weighted by Crippen LogP contribution is 2.32. The lowest BCUT2D eigenvalue weighted by molar-refractivity contribution is -0.119. The number of hydrogen-bond acceptors (Lipinski definition) is 3. The predicted molar refractivity (Wildman–Crippen MR) is 79.1 cm³/mol. The van der Waals surface area contributed by atoms with Crippen molar-refractivity contribution < 1.29 is 9.53 Å². The Kier molecular flexibility index (Phi) is 3.30. The number of pyridine rings is 1. The molecule has 0 aliphatic rings. The highest BCUT2D eigenvalue weighted by molar-refractivity contribution is 6.32. The lowest BCUT2D eigenvalue weighted by Crippen LogP contribution is -2.17. The first-order valence-electron chi connectivity index (χ1n) is 6.03. The summed E-state index contributed by atoms with van der Waals surface area (Å²) in [5.74, 6) is -0.229. The fraction of sp³-hybridized carbons (Fsp3) is 0.143. The monoisotopic (exact) mass is 289 g/mol. The molecule has 0 aliphatic heterocycles. The average molecular weight is 290 g/mol. The summed E-state index contributed by atoms with van der Waals surface area (Å²) < 4.78 is 4.81. The van der Waals surface area contributed by atoms with Crippen LogP contribution in [-0.2, 0) is 9.53 Å². The fourth-order valence-electron chi connectivity index (χ4n) is 2.23. The molecule has 0 saturated heterocycles. The van der Waals surface area contributed by atoms with Crippen molar-refractivity contribution in [1.29, 1.82) is 0 Å². The van der Waals surface area contributed by atoms with Gasteiger partial charge in [-0.15, -0.1) is 0 Å². The minimum atomic E-state index is -0.229. The number of anilines is 1. The van der Waals surface area contributed by atoms with E-state index in [9.17, 15) is 4.79 Å². The number of benzene rings is 1. The Morgan fingerprint density at radius 1 is 1.45 bits per heavy atom. The van der Waals surface area contributed by atoms with Crippen molar-refractivity contribution in [3.63, 3.8) is 0 Å². The van der Waals surface area contributed by atoms with Gasteiger partial charge in [0.05, 0.1) is 22.9 Å². The molecular formula is C14H12ClN3O2. The number of nitrogens with one attached hydrogen (secondary N) is 2. The molecule has 0 bridgehead atoms. The smallest absolute Gasteiger partial charge is 0.250 e. The zero-order chi connectivity index (χ0) is 14.1. The SMILES string of the molecule is COCC(=O)Nc1cc(Cl)cc2c1[nH]c1cnccc12. The van der Waals surface area contributed by atoms with Gasteiger partial charge in [-0.3, -0.25) is 9.78 Å². The van der Waals surface area contributed by atoms with Gasteiger partial charge in [0.15, 0.2) is 0 Å². The van der Waals surface area contributed by atoms with Crippen molar-refractivity contribution in [2.45, 2.75) is 0 Å². The van der Waals surface area contributed by atoms with Crippen molar-refractivity contribution in [2.75, 3.05) is 19.0 Å². The number of aromatic amines is 1. The number of H-pyrrole nitrogens is 1. The molecule has 0 atom stereocenters. The summed E-state index contributed by atoms with van der Waals surface area (Å²) in [6.07, 6.45) is 3.46. The Hall–Kier alpha value is -2.11. The number of rotatable bonds is 3. The van der Waals surface area contributed by atoms with Crippen LogP contribution in [0.25, 0.3) is 21.8 Å². The van der Waals surface area contributed by atoms with E-state index in [-0.39, 0.29) is 12.5 Å². The van der Waals surface area contributed by atoms with Gasteiger partial charge < -0.3 is 15.0 Å². The minimum Gasteiger partial charge on any atom is -0.375 e. The summed E-state index contributed by atoms with van der Waals surface area (Å²) >= 11 is 6.13. The van der Waals surface area contributed by atoms with Gasteiger partial charge in [-0.05, 0) is 18.2 Å². The molecule has 0 unspecified atom stereocenters. The molecule has 5 nitrogen and oxygen atoms in total. The number of nitrogens with zero attached hydrogens (tertiary/aromatic N) is 1. The molecule has 20 heavy (non-hydrogen) atoms. The van der Waals surface area contributed by atoms with Crippen LogP contribution in [0.2, 0.25) is 5.02 Å². The summed E-state index contributed by atoms with van der Waals surface area (Å²) in [6.45, 7) is -0.00418. The van der Waals surface area contributed by atoms with E-state index in [0.29, 0.717) is 10.7 Å². The molecule has 0 radical (unpaired) electrons. The van der Waals surface area contributed by atoms with E-state index in [1.54, 1.807) is 18.5 Å².